The molecule has 19 heavy (non-hydrogen) atoms. The number of nitrogens with zero attached hydrogens (tertiary/aromatic N) is 2. The molecule has 0 radical (unpaired) electrons. The molecule has 0 heterocycles. The van der Waals surface area contributed by atoms with E-state index in [2.05, 4.69) is 56.0 Å². The highest BCUT2D eigenvalue weighted by Crippen LogP contribution is 2.21. The van der Waals surface area contributed by atoms with Gasteiger partial charge in [-0.1, -0.05) is 43.7 Å². The normalized spacial score (nSPS) is 12.7. The van der Waals surface area contributed by atoms with Crippen molar-refractivity contribution < 1.29 is 0 Å². The minimum absolute atomic E-state index is 0.205. The molecule has 0 aliphatic heterocycles. The summed E-state index contributed by atoms with van der Waals surface area (Å²) in [5, 5.41) is 8.80. The van der Waals surface area contributed by atoms with Crippen LogP contribution in [0.1, 0.15) is 37.4 Å². The molecule has 3 nitrogen and oxygen atoms in total. The molecule has 1 atom stereocenters. The molecule has 2 N–H and O–H groups in total. The van der Waals surface area contributed by atoms with Gasteiger partial charge in [-0.3, -0.25) is 4.90 Å². The highest BCUT2D eigenvalue weighted by molar-refractivity contribution is 5.24. The first-order valence-electron chi connectivity index (χ1n) is 6.96. The number of aryl methyl sites for hydroxylation is 1. The van der Waals surface area contributed by atoms with Crippen LogP contribution in [0.4, 0.5) is 0 Å². The molecule has 0 spiro atoms. The van der Waals surface area contributed by atoms with Crippen LogP contribution in [0.15, 0.2) is 24.3 Å². The molecular formula is C16H25N3. The lowest BCUT2D eigenvalue weighted by Gasteiger charge is -2.32. The smallest absolute Gasteiger partial charge is 0.0635 e. The average Bonchev–Trinajstić information content (AvgIpc) is 2.38. The van der Waals surface area contributed by atoms with Crippen LogP contribution in [0.2, 0.25) is 0 Å². The van der Waals surface area contributed by atoms with Crippen LogP contribution in [0.25, 0.3) is 0 Å². The Bertz CT molecular complexity index is 403. The first kappa shape index (κ1) is 15.7. The van der Waals surface area contributed by atoms with E-state index in [0.717, 1.165) is 13.1 Å². The van der Waals surface area contributed by atoms with Crippen molar-refractivity contribution in [3.05, 3.63) is 35.4 Å². The molecule has 3 heteroatoms. The fourth-order valence-corrected chi connectivity index (χ4v) is 2.32. The van der Waals surface area contributed by atoms with Crippen molar-refractivity contribution >= 4 is 0 Å². The minimum Gasteiger partial charge on any atom is -0.329 e. The van der Waals surface area contributed by atoms with Gasteiger partial charge in [0.2, 0.25) is 0 Å². The van der Waals surface area contributed by atoms with Gasteiger partial charge in [0.15, 0.2) is 0 Å². The highest BCUT2D eigenvalue weighted by Gasteiger charge is 2.19. The second-order valence-corrected chi connectivity index (χ2v) is 5.46. The Morgan fingerprint density at radius 1 is 1.26 bits per heavy atom. The summed E-state index contributed by atoms with van der Waals surface area (Å²) in [5.41, 5.74) is 8.47. The summed E-state index contributed by atoms with van der Waals surface area (Å²) in [6.45, 7) is 8.82. The number of nitrogens with two attached hydrogens (primary N) is 1. The van der Waals surface area contributed by atoms with Crippen LogP contribution in [0.5, 0.6) is 0 Å². The topological polar surface area (TPSA) is 53.0 Å². The van der Waals surface area contributed by atoms with Gasteiger partial charge >= 0.3 is 0 Å². The Balaban J connectivity index is 2.88. The predicted molar refractivity (Wildman–Crippen MR) is 79.6 cm³/mol. The molecule has 0 aromatic heterocycles. The number of rotatable bonds is 7. The van der Waals surface area contributed by atoms with Crippen molar-refractivity contribution in [2.75, 3.05) is 19.6 Å². The number of hydrogen-bond donors (Lipinski definition) is 1. The lowest BCUT2D eigenvalue weighted by Crippen LogP contribution is -2.37. The van der Waals surface area contributed by atoms with Crippen molar-refractivity contribution in [2.24, 2.45) is 11.7 Å². The van der Waals surface area contributed by atoms with E-state index in [1.54, 1.807) is 0 Å². The molecule has 0 aliphatic rings. The summed E-state index contributed by atoms with van der Waals surface area (Å²) in [6, 6.07) is 11.0. The second kappa shape index (κ2) is 7.93. The molecule has 0 bridgehead atoms. The second-order valence-electron chi connectivity index (χ2n) is 5.46. The highest BCUT2D eigenvalue weighted by atomic mass is 15.2. The van der Waals surface area contributed by atoms with Crippen LogP contribution >= 0.6 is 0 Å². The monoisotopic (exact) mass is 259 g/mol. The molecule has 0 saturated carbocycles. The van der Waals surface area contributed by atoms with E-state index < -0.39 is 0 Å². The zero-order valence-electron chi connectivity index (χ0n) is 12.3. The van der Waals surface area contributed by atoms with E-state index in [0.29, 0.717) is 18.9 Å². The summed E-state index contributed by atoms with van der Waals surface area (Å²) < 4.78 is 0. The van der Waals surface area contributed by atoms with Gasteiger partial charge in [-0.05, 0) is 18.4 Å². The molecule has 1 rings (SSSR count). The van der Waals surface area contributed by atoms with Crippen molar-refractivity contribution in [1.29, 1.82) is 5.26 Å². The number of benzene rings is 1. The van der Waals surface area contributed by atoms with Gasteiger partial charge in [0.25, 0.3) is 0 Å². The van der Waals surface area contributed by atoms with Gasteiger partial charge in [0.05, 0.1) is 6.07 Å². The summed E-state index contributed by atoms with van der Waals surface area (Å²) >= 11 is 0. The number of nitriles is 1. The SMILES string of the molecule is Cc1ccc(C(CN)N(CCC#N)CC(C)C)cc1. The Hall–Kier alpha value is -1.37. The fraction of sp³-hybridized carbons (Fsp3) is 0.562. The molecule has 0 amide bonds. The maximum absolute atomic E-state index is 8.80. The van der Waals surface area contributed by atoms with Crippen LogP contribution in [0, 0.1) is 24.2 Å². The zero-order chi connectivity index (χ0) is 14.3. The van der Waals surface area contributed by atoms with Crippen LogP contribution in [-0.2, 0) is 0 Å². The molecule has 1 aromatic carbocycles. The lowest BCUT2D eigenvalue weighted by atomic mass is 10.0. The van der Waals surface area contributed by atoms with Crippen molar-refractivity contribution in [1.82, 2.24) is 4.90 Å². The fourth-order valence-electron chi connectivity index (χ4n) is 2.32. The van der Waals surface area contributed by atoms with E-state index in [1.165, 1.54) is 11.1 Å². The molecule has 0 fully saturated rings. The van der Waals surface area contributed by atoms with E-state index >= 15 is 0 Å². The maximum atomic E-state index is 8.80. The molecule has 1 aromatic rings. The largest absolute Gasteiger partial charge is 0.329 e. The summed E-state index contributed by atoms with van der Waals surface area (Å²) in [5.74, 6) is 0.568. The Morgan fingerprint density at radius 3 is 2.37 bits per heavy atom. The first-order valence-corrected chi connectivity index (χ1v) is 6.96. The third-order valence-corrected chi connectivity index (χ3v) is 3.24. The van der Waals surface area contributed by atoms with Gasteiger partial charge in [0, 0.05) is 32.1 Å². The summed E-state index contributed by atoms with van der Waals surface area (Å²) in [4.78, 5) is 2.33. The quantitative estimate of drug-likeness (QED) is 0.819. The van der Waals surface area contributed by atoms with Crippen LogP contribution in [-0.4, -0.2) is 24.5 Å². The minimum atomic E-state index is 0.205. The van der Waals surface area contributed by atoms with E-state index in [-0.39, 0.29) is 6.04 Å². The molecule has 0 saturated heterocycles. The predicted octanol–water partition coefficient (Wildman–Crippen LogP) is 2.87. The Morgan fingerprint density at radius 2 is 1.89 bits per heavy atom. The third kappa shape index (κ3) is 5.02. The summed E-state index contributed by atoms with van der Waals surface area (Å²) in [7, 11) is 0. The number of hydrogen-bond acceptors (Lipinski definition) is 3. The van der Waals surface area contributed by atoms with Gasteiger partial charge in [-0.2, -0.15) is 5.26 Å². The third-order valence-electron chi connectivity index (χ3n) is 3.24. The standard InChI is InChI=1S/C16H25N3/c1-13(2)12-19(10-4-9-17)16(11-18)15-7-5-14(3)6-8-15/h5-8,13,16H,4,10-12,18H2,1-3H3. The van der Waals surface area contributed by atoms with Gasteiger partial charge in [-0.15, -0.1) is 0 Å². The van der Waals surface area contributed by atoms with Gasteiger partial charge in [-0.25, -0.2) is 0 Å². The molecule has 104 valence electrons. The molecule has 1 unspecified atom stereocenters. The van der Waals surface area contributed by atoms with E-state index in [9.17, 15) is 0 Å². The average molecular weight is 259 g/mol. The van der Waals surface area contributed by atoms with Crippen LogP contribution in [0.3, 0.4) is 0 Å². The van der Waals surface area contributed by atoms with Gasteiger partial charge in [0.1, 0.15) is 0 Å². The summed E-state index contributed by atoms with van der Waals surface area (Å²) in [6.07, 6.45) is 0.551. The molecule has 0 aliphatic carbocycles. The zero-order valence-corrected chi connectivity index (χ0v) is 12.3. The van der Waals surface area contributed by atoms with Crippen LogP contribution < -0.4 is 5.73 Å². The first-order chi connectivity index (χ1) is 9.08. The van der Waals surface area contributed by atoms with E-state index in [4.69, 9.17) is 11.0 Å². The molecular weight excluding hydrogens is 234 g/mol. The van der Waals surface area contributed by atoms with Crippen molar-refractivity contribution in [3.63, 3.8) is 0 Å². The van der Waals surface area contributed by atoms with E-state index in [1.807, 2.05) is 0 Å². The Kier molecular flexibility index (Phi) is 6.55. The van der Waals surface area contributed by atoms with Crippen molar-refractivity contribution in [2.45, 2.75) is 33.2 Å². The van der Waals surface area contributed by atoms with Crippen molar-refractivity contribution in [3.8, 4) is 6.07 Å². The van der Waals surface area contributed by atoms with Gasteiger partial charge < -0.3 is 5.73 Å². The Labute approximate surface area is 117 Å². The maximum Gasteiger partial charge on any atom is 0.0635 e. The lowest BCUT2D eigenvalue weighted by molar-refractivity contribution is 0.183.